The fourth-order valence-electron chi connectivity index (χ4n) is 1.00. The molecule has 0 amide bonds. The van der Waals surface area contributed by atoms with E-state index in [1.807, 2.05) is 0 Å². The third-order valence-corrected chi connectivity index (χ3v) is 3.04. The van der Waals surface area contributed by atoms with Gasteiger partial charge in [-0.3, -0.25) is 4.79 Å². The van der Waals surface area contributed by atoms with Gasteiger partial charge in [-0.2, -0.15) is 0 Å². The van der Waals surface area contributed by atoms with Gasteiger partial charge in [0, 0.05) is 20.1 Å². The Morgan fingerprint density at radius 1 is 1.29 bits per heavy atom. The number of alkyl halides is 2. The van der Waals surface area contributed by atoms with Crippen LogP contribution in [0.3, 0.4) is 0 Å². The predicted octanol–water partition coefficient (Wildman–Crippen LogP) is 4.35. The first-order valence-electron chi connectivity index (χ1n) is 3.71. The van der Waals surface area contributed by atoms with Gasteiger partial charge in [0.25, 0.3) is 6.43 Å². The molecule has 0 atom stereocenters. The molecule has 0 saturated heterocycles. The number of carbonyl (C=O) groups is 1. The molecule has 0 spiro atoms. The van der Waals surface area contributed by atoms with E-state index in [1.54, 1.807) is 0 Å². The van der Waals surface area contributed by atoms with Crippen molar-refractivity contribution in [3.63, 3.8) is 0 Å². The highest BCUT2D eigenvalue weighted by Crippen LogP contribution is 2.32. The second-order valence-corrected chi connectivity index (χ2v) is 4.42. The van der Waals surface area contributed by atoms with Crippen LogP contribution in [0.4, 0.5) is 8.78 Å². The molecule has 1 aromatic carbocycles. The number of halogens is 4. The standard InChI is InChI=1S/C9H6Br2F2O/c1-4(14)5-2-6(9(12)13)8(11)3-7(5)10/h2-3,9H,1H3. The van der Waals surface area contributed by atoms with E-state index >= 15 is 0 Å². The lowest BCUT2D eigenvalue weighted by molar-refractivity contribution is 0.101. The summed E-state index contributed by atoms with van der Waals surface area (Å²) in [6.45, 7) is 1.34. The first kappa shape index (κ1) is 11.8. The van der Waals surface area contributed by atoms with Gasteiger partial charge in [0.15, 0.2) is 5.78 Å². The summed E-state index contributed by atoms with van der Waals surface area (Å²) in [7, 11) is 0. The van der Waals surface area contributed by atoms with Crippen molar-refractivity contribution >= 4 is 37.6 Å². The number of ketones is 1. The highest BCUT2D eigenvalue weighted by molar-refractivity contribution is 9.11. The minimum Gasteiger partial charge on any atom is -0.294 e. The van der Waals surface area contributed by atoms with Crippen LogP contribution in [0.25, 0.3) is 0 Å². The van der Waals surface area contributed by atoms with Crippen molar-refractivity contribution in [1.29, 1.82) is 0 Å². The largest absolute Gasteiger partial charge is 0.294 e. The lowest BCUT2D eigenvalue weighted by Gasteiger charge is -2.07. The molecule has 1 aromatic rings. The van der Waals surface area contributed by atoms with Crippen LogP contribution in [-0.4, -0.2) is 5.78 Å². The summed E-state index contributed by atoms with van der Waals surface area (Å²) in [5.41, 5.74) is 0.0990. The number of rotatable bonds is 2. The molecule has 0 aromatic heterocycles. The van der Waals surface area contributed by atoms with Crippen LogP contribution in [0.15, 0.2) is 21.1 Å². The first-order valence-corrected chi connectivity index (χ1v) is 5.30. The molecule has 0 aliphatic heterocycles. The molecule has 1 nitrogen and oxygen atoms in total. The van der Waals surface area contributed by atoms with Crippen LogP contribution < -0.4 is 0 Å². The van der Waals surface area contributed by atoms with Gasteiger partial charge < -0.3 is 0 Å². The molecule has 14 heavy (non-hydrogen) atoms. The minimum atomic E-state index is -2.59. The van der Waals surface area contributed by atoms with Crippen LogP contribution in [-0.2, 0) is 0 Å². The molecule has 0 fully saturated rings. The van der Waals surface area contributed by atoms with E-state index in [4.69, 9.17) is 0 Å². The van der Waals surface area contributed by atoms with Gasteiger partial charge in [-0.1, -0.05) is 31.9 Å². The number of Topliss-reactive ketones (excluding diaryl/α,β-unsaturated/α-hetero) is 1. The van der Waals surface area contributed by atoms with Crippen molar-refractivity contribution in [2.45, 2.75) is 13.3 Å². The summed E-state index contributed by atoms with van der Waals surface area (Å²) in [5.74, 6) is -0.244. The van der Waals surface area contributed by atoms with E-state index in [0.29, 0.717) is 8.95 Å². The maximum absolute atomic E-state index is 12.4. The van der Waals surface area contributed by atoms with Crippen LogP contribution >= 0.6 is 31.9 Å². The summed E-state index contributed by atoms with van der Waals surface area (Å²) < 4.78 is 25.7. The van der Waals surface area contributed by atoms with Gasteiger partial charge in [-0.05, 0) is 19.1 Å². The fraction of sp³-hybridized carbons (Fsp3) is 0.222. The SMILES string of the molecule is CC(=O)c1cc(C(F)F)c(Br)cc1Br. The van der Waals surface area contributed by atoms with E-state index in [0.717, 1.165) is 0 Å². The van der Waals surface area contributed by atoms with Gasteiger partial charge in [-0.15, -0.1) is 0 Å². The lowest BCUT2D eigenvalue weighted by atomic mass is 10.1. The predicted molar refractivity (Wildman–Crippen MR) is 56.8 cm³/mol. The lowest BCUT2D eigenvalue weighted by Crippen LogP contribution is -1.97. The zero-order valence-corrected chi connectivity index (χ0v) is 10.3. The maximum Gasteiger partial charge on any atom is 0.264 e. The molecular weight excluding hydrogens is 322 g/mol. The molecule has 76 valence electrons. The molecule has 0 aliphatic carbocycles. The van der Waals surface area contributed by atoms with Gasteiger partial charge in [0.05, 0.1) is 0 Å². The Labute approximate surface area is 96.8 Å². The normalized spacial score (nSPS) is 10.7. The van der Waals surface area contributed by atoms with Crippen molar-refractivity contribution in [1.82, 2.24) is 0 Å². The number of hydrogen-bond acceptors (Lipinski definition) is 1. The van der Waals surface area contributed by atoms with E-state index in [-0.39, 0.29) is 16.9 Å². The van der Waals surface area contributed by atoms with Crippen LogP contribution in [0.2, 0.25) is 0 Å². The summed E-state index contributed by atoms with van der Waals surface area (Å²) in [5, 5.41) is 0. The Balaban J connectivity index is 3.34. The summed E-state index contributed by atoms with van der Waals surface area (Å²) in [4.78, 5) is 11.1. The highest BCUT2D eigenvalue weighted by atomic mass is 79.9. The Kier molecular flexibility index (Phi) is 3.78. The van der Waals surface area contributed by atoms with Crippen LogP contribution in [0, 0.1) is 0 Å². The average molecular weight is 328 g/mol. The third kappa shape index (κ3) is 2.39. The van der Waals surface area contributed by atoms with Crippen molar-refractivity contribution in [3.8, 4) is 0 Å². The molecule has 0 radical (unpaired) electrons. The zero-order valence-electron chi connectivity index (χ0n) is 7.15. The Hall–Kier alpha value is -0.290. The Morgan fingerprint density at radius 2 is 1.86 bits per heavy atom. The molecule has 0 N–H and O–H groups in total. The van der Waals surface area contributed by atoms with E-state index in [9.17, 15) is 13.6 Å². The molecule has 0 unspecified atom stereocenters. The number of benzene rings is 1. The van der Waals surface area contributed by atoms with E-state index < -0.39 is 6.43 Å². The molecule has 5 heteroatoms. The quantitative estimate of drug-likeness (QED) is 0.738. The molecular formula is C9H6Br2F2O. The monoisotopic (exact) mass is 326 g/mol. The summed E-state index contributed by atoms with van der Waals surface area (Å²) in [6, 6.07) is 2.65. The second-order valence-electron chi connectivity index (χ2n) is 2.71. The molecule has 0 aliphatic rings. The van der Waals surface area contributed by atoms with Gasteiger partial charge in [0.1, 0.15) is 0 Å². The highest BCUT2D eigenvalue weighted by Gasteiger charge is 2.16. The maximum atomic E-state index is 12.4. The summed E-state index contributed by atoms with van der Waals surface area (Å²) in [6.07, 6.45) is -2.59. The smallest absolute Gasteiger partial charge is 0.264 e. The van der Waals surface area contributed by atoms with Crippen molar-refractivity contribution in [3.05, 3.63) is 32.2 Å². The van der Waals surface area contributed by atoms with Gasteiger partial charge >= 0.3 is 0 Å². The van der Waals surface area contributed by atoms with Gasteiger partial charge in [-0.25, -0.2) is 8.78 Å². The first-order chi connectivity index (χ1) is 6.43. The number of hydrogen-bond donors (Lipinski definition) is 0. The average Bonchev–Trinajstić information content (AvgIpc) is 2.02. The Morgan fingerprint density at radius 3 is 2.29 bits per heavy atom. The van der Waals surface area contributed by atoms with E-state index in [1.165, 1.54) is 19.1 Å². The molecule has 0 bridgehead atoms. The second kappa shape index (κ2) is 4.49. The van der Waals surface area contributed by atoms with Crippen LogP contribution in [0.5, 0.6) is 0 Å². The van der Waals surface area contributed by atoms with Gasteiger partial charge in [0.2, 0.25) is 0 Å². The third-order valence-electron chi connectivity index (χ3n) is 1.70. The molecule has 0 saturated carbocycles. The van der Waals surface area contributed by atoms with E-state index in [2.05, 4.69) is 31.9 Å². The Bertz CT molecular complexity index is 377. The topological polar surface area (TPSA) is 17.1 Å². The van der Waals surface area contributed by atoms with Crippen molar-refractivity contribution in [2.75, 3.05) is 0 Å². The number of carbonyl (C=O) groups excluding carboxylic acids is 1. The fourth-order valence-corrected chi connectivity index (χ4v) is 2.45. The van der Waals surface area contributed by atoms with Crippen molar-refractivity contribution < 1.29 is 13.6 Å². The minimum absolute atomic E-state index is 0.168. The summed E-state index contributed by atoms with van der Waals surface area (Å²) >= 11 is 6.14. The molecule has 1 rings (SSSR count). The zero-order chi connectivity index (χ0) is 10.9. The molecule has 0 heterocycles. The van der Waals surface area contributed by atoms with Crippen molar-refractivity contribution in [2.24, 2.45) is 0 Å². The van der Waals surface area contributed by atoms with Crippen LogP contribution in [0.1, 0.15) is 29.3 Å².